The lowest BCUT2D eigenvalue weighted by atomic mass is 9.84. The third kappa shape index (κ3) is 6.78. The Morgan fingerprint density at radius 1 is 0.565 bits per heavy atom. The van der Waals surface area contributed by atoms with Gasteiger partial charge in [-0.3, -0.25) is 4.57 Å². The van der Waals surface area contributed by atoms with Crippen molar-refractivity contribution >= 4 is 43.9 Å². The van der Waals surface area contributed by atoms with Crippen LogP contribution in [0.4, 0.5) is 0 Å². The summed E-state index contributed by atoms with van der Waals surface area (Å²) in [5.41, 5.74) is 16.3. The number of imidazole rings is 1. The summed E-state index contributed by atoms with van der Waals surface area (Å²) in [6, 6.07) is 26.7. The fourth-order valence-electron chi connectivity index (χ4n) is 9.66. The smallest absolute Gasteiger partial charge is 0.144 e. The zero-order valence-corrected chi connectivity index (χ0v) is 39.2. The molecule has 0 fully saturated rings. The van der Waals surface area contributed by atoms with Crippen LogP contribution in [0.25, 0.3) is 77.8 Å². The van der Waals surface area contributed by atoms with E-state index in [-0.39, 0.29) is 10.8 Å². The Morgan fingerprint density at radius 2 is 1.06 bits per heavy atom. The molecule has 9 rings (SSSR count). The molecule has 0 saturated heterocycles. The Bertz CT molecular complexity index is 3110. The highest BCUT2D eigenvalue weighted by Gasteiger charge is 2.29. The normalized spacial score (nSPS) is 12.9. The van der Waals surface area contributed by atoms with E-state index in [1.54, 1.807) is 0 Å². The van der Waals surface area contributed by atoms with Crippen molar-refractivity contribution in [2.24, 2.45) is 0 Å². The van der Waals surface area contributed by atoms with Gasteiger partial charge in [-0.1, -0.05) is 133 Å². The molecule has 0 amide bonds. The molecule has 0 unspecified atom stereocenters. The summed E-state index contributed by atoms with van der Waals surface area (Å²) in [6.07, 6.45) is 8.30. The first kappa shape index (κ1) is 41.5. The van der Waals surface area contributed by atoms with Crippen LogP contribution in [0.5, 0.6) is 0 Å². The van der Waals surface area contributed by atoms with Gasteiger partial charge in [-0.2, -0.15) is 5.10 Å². The van der Waals surface area contributed by atoms with Crippen molar-refractivity contribution in [3.63, 3.8) is 0 Å². The van der Waals surface area contributed by atoms with E-state index in [0.717, 1.165) is 77.6 Å². The van der Waals surface area contributed by atoms with E-state index < -0.39 is 0 Å². The molecule has 318 valence electrons. The Morgan fingerprint density at radius 3 is 1.58 bits per heavy atom. The van der Waals surface area contributed by atoms with Crippen molar-refractivity contribution in [2.75, 3.05) is 0 Å². The topological polar surface area (TPSA) is 61.9 Å². The van der Waals surface area contributed by atoms with Crippen LogP contribution in [0.1, 0.15) is 154 Å². The van der Waals surface area contributed by atoms with E-state index >= 15 is 0 Å². The summed E-state index contributed by atoms with van der Waals surface area (Å²) in [5, 5.41) is 9.28. The summed E-state index contributed by atoms with van der Waals surface area (Å²) in [5.74, 6) is 2.37. The van der Waals surface area contributed by atoms with Crippen LogP contribution in [-0.2, 0) is 10.8 Å². The van der Waals surface area contributed by atoms with Gasteiger partial charge in [-0.25, -0.2) is 9.67 Å². The summed E-state index contributed by atoms with van der Waals surface area (Å²) in [6.45, 7) is 31.8. The molecule has 0 saturated carbocycles. The second-order valence-corrected chi connectivity index (χ2v) is 20.8. The molecule has 0 atom stereocenters. The minimum Gasteiger partial charge on any atom is -0.456 e. The molecule has 4 heterocycles. The average Bonchev–Trinajstić information content (AvgIpc) is 4.03. The van der Waals surface area contributed by atoms with E-state index in [1.807, 2.05) is 17.1 Å². The van der Waals surface area contributed by atoms with Gasteiger partial charge in [0.2, 0.25) is 0 Å². The molecule has 62 heavy (non-hydrogen) atoms. The number of benzene rings is 5. The van der Waals surface area contributed by atoms with Gasteiger partial charge in [-0.05, 0) is 98.7 Å². The molecule has 0 aliphatic rings. The summed E-state index contributed by atoms with van der Waals surface area (Å²) in [7, 11) is 0. The van der Waals surface area contributed by atoms with E-state index in [4.69, 9.17) is 18.9 Å². The quantitative estimate of drug-likeness (QED) is 0.153. The standard InChI is InChI=1S/C56H62N4O2/c1-31(2)38-17-15-18-39(32(3)4)48(38)36-29-58-60(30-36)37-27-43-50-47(62-53(43)45(28-37)56(12,13)14)22-21-46-49(50)42-25-35(26-44(52(42)61-46)55(9,10)11)54-57-23-24-59(54)51-40(33(5)6)19-16-20-41(51)34(7)8/h15-34H,1-14H3. The maximum absolute atomic E-state index is 6.96. The first-order valence-corrected chi connectivity index (χ1v) is 22.6. The van der Waals surface area contributed by atoms with Crippen LogP contribution in [0.15, 0.2) is 106 Å². The molecule has 6 nitrogen and oxygen atoms in total. The molecule has 5 aromatic carbocycles. The third-order valence-electron chi connectivity index (χ3n) is 12.9. The number of hydrogen-bond donors (Lipinski definition) is 0. The average molecular weight is 823 g/mol. The van der Waals surface area contributed by atoms with Crippen molar-refractivity contribution < 1.29 is 8.83 Å². The second-order valence-electron chi connectivity index (χ2n) is 20.8. The highest BCUT2D eigenvalue weighted by molar-refractivity contribution is 6.26. The van der Waals surface area contributed by atoms with Gasteiger partial charge in [0.05, 0.1) is 17.6 Å². The number of rotatable bonds is 8. The minimum atomic E-state index is -0.218. The van der Waals surface area contributed by atoms with Crippen LogP contribution in [-0.4, -0.2) is 19.3 Å². The Balaban J connectivity index is 1.32. The van der Waals surface area contributed by atoms with Gasteiger partial charge >= 0.3 is 0 Å². The van der Waals surface area contributed by atoms with Gasteiger partial charge in [-0.15, -0.1) is 0 Å². The molecular weight excluding hydrogens is 761 g/mol. The maximum atomic E-state index is 6.96. The van der Waals surface area contributed by atoms with E-state index in [1.165, 1.54) is 33.5 Å². The number of hydrogen-bond acceptors (Lipinski definition) is 4. The fourth-order valence-corrected chi connectivity index (χ4v) is 9.66. The van der Waals surface area contributed by atoms with E-state index in [2.05, 4.69) is 187 Å². The number of furan rings is 2. The van der Waals surface area contributed by atoms with Gasteiger partial charge in [0.1, 0.15) is 28.2 Å². The van der Waals surface area contributed by atoms with E-state index in [9.17, 15) is 0 Å². The molecule has 0 aliphatic carbocycles. The van der Waals surface area contributed by atoms with Crippen molar-refractivity contribution in [1.29, 1.82) is 0 Å². The molecule has 0 spiro atoms. The molecular formula is C56H62N4O2. The molecule has 0 aliphatic heterocycles. The number of nitrogens with zero attached hydrogens (tertiary/aromatic N) is 4. The van der Waals surface area contributed by atoms with Crippen LogP contribution in [0.3, 0.4) is 0 Å². The van der Waals surface area contributed by atoms with Crippen LogP contribution < -0.4 is 0 Å². The number of aromatic nitrogens is 4. The Kier molecular flexibility index (Phi) is 9.96. The zero-order chi connectivity index (χ0) is 44.2. The maximum Gasteiger partial charge on any atom is 0.144 e. The van der Waals surface area contributed by atoms with Gasteiger partial charge in [0.25, 0.3) is 0 Å². The highest BCUT2D eigenvalue weighted by atomic mass is 16.3. The highest BCUT2D eigenvalue weighted by Crippen LogP contribution is 2.47. The van der Waals surface area contributed by atoms with Crippen molar-refractivity contribution in [2.45, 2.75) is 131 Å². The molecule has 6 heteroatoms. The monoisotopic (exact) mass is 822 g/mol. The molecule has 0 N–H and O–H groups in total. The molecule has 0 bridgehead atoms. The lowest BCUT2D eigenvalue weighted by Gasteiger charge is -2.23. The summed E-state index contributed by atoms with van der Waals surface area (Å²) < 4.78 is 18.3. The lowest BCUT2D eigenvalue weighted by Crippen LogP contribution is -2.12. The zero-order valence-electron chi connectivity index (χ0n) is 39.2. The van der Waals surface area contributed by atoms with Crippen molar-refractivity contribution in [1.82, 2.24) is 19.3 Å². The lowest BCUT2D eigenvalue weighted by molar-refractivity contribution is 0.571. The summed E-state index contributed by atoms with van der Waals surface area (Å²) >= 11 is 0. The number of para-hydroxylation sites is 1. The van der Waals surface area contributed by atoms with Gasteiger partial charge in [0.15, 0.2) is 0 Å². The van der Waals surface area contributed by atoms with Crippen molar-refractivity contribution in [3.05, 3.63) is 131 Å². The Labute approximate surface area is 367 Å². The molecule has 9 aromatic rings. The van der Waals surface area contributed by atoms with Crippen molar-refractivity contribution in [3.8, 4) is 33.9 Å². The third-order valence-corrected chi connectivity index (χ3v) is 12.9. The van der Waals surface area contributed by atoms with Crippen LogP contribution in [0, 0.1) is 0 Å². The SMILES string of the molecule is CC(C)c1cccc(C(C)C)c1-c1cnn(-c2cc(C(C)(C)C)c3oc4ccc5oc6c(C(C)(C)C)cc(-c7nccn7-c7c(C(C)C)cccc7C(C)C)cc6c5c4c3c2)c1. The largest absolute Gasteiger partial charge is 0.456 e. The number of fused-ring (bicyclic) bond motifs is 7. The second kappa shape index (κ2) is 14.9. The predicted octanol–water partition coefficient (Wildman–Crippen LogP) is 16.3. The Hall–Kier alpha value is -5.88. The minimum absolute atomic E-state index is 0.213. The predicted molar refractivity (Wildman–Crippen MR) is 260 cm³/mol. The van der Waals surface area contributed by atoms with Crippen LogP contribution >= 0.6 is 0 Å². The first-order valence-electron chi connectivity index (χ1n) is 22.6. The van der Waals surface area contributed by atoms with E-state index in [0.29, 0.717) is 23.7 Å². The molecule has 4 aromatic heterocycles. The fraction of sp³-hybridized carbons (Fsp3) is 0.357. The van der Waals surface area contributed by atoms with Crippen LogP contribution in [0.2, 0.25) is 0 Å². The van der Waals surface area contributed by atoms with Gasteiger partial charge in [0, 0.05) is 62.4 Å². The summed E-state index contributed by atoms with van der Waals surface area (Å²) in [4.78, 5) is 5.10. The first-order chi connectivity index (χ1) is 29.3. The molecule has 0 radical (unpaired) electrons. The van der Waals surface area contributed by atoms with Gasteiger partial charge < -0.3 is 8.83 Å².